The van der Waals surface area contributed by atoms with Crippen molar-refractivity contribution in [1.82, 2.24) is 9.13 Å². The molecule has 2 aromatic heterocycles. The number of fused-ring (bicyclic) bond motifs is 8. The second-order valence-corrected chi connectivity index (χ2v) is 16.9. The highest BCUT2D eigenvalue weighted by atomic mass is 15.0. The molecule has 0 radical (unpaired) electrons. The lowest BCUT2D eigenvalue weighted by Crippen LogP contribution is -2.01. The van der Waals surface area contributed by atoms with Gasteiger partial charge >= 0.3 is 0 Å². The number of hydrogen-bond acceptors (Lipinski definition) is 0. The van der Waals surface area contributed by atoms with E-state index in [0.717, 1.165) is 0 Å². The van der Waals surface area contributed by atoms with Crippen LogP contribution in [-0.2, 0) is 0 Å². The number of benzene rings is 12. The van der Waals surface area contributed by atoms with Crippen LogP contribution in [0.1, 0.15) is 0 Å². The van der Waals surface area contributed by atoms with E-state index in [1.165, 1.54) is 131 Å². The summed E-state index contributed by atoms with van der Waals surface area (Å²) in [6.45, 7) is 0. The maximum atomic E-state index is 2.52. The molecule has 0 aliphatic carbocycles. The molecule has 2 heterocycles. The van der Waals surface area contributed by atoms with Crippen LogP contribution < -0.4 is 0 Å². The van der Waals surface area contributed by atoms with Gasteiger partial charge in [-0.05, 0) is 138 Å². The van der Waals surface area contributed by atoms with Gasteiger partial charge in [0.05, 0.1) is 33.4 Å². The fourth-order valence-corrected chi connectivity index (χ4v) is 10.8. The maximum Gasteiger partial charge on any atom is 0.0547 e. The standard InChI is InChI=1S/C60H36N2/c1-3-15-39-29-41(27-25-37(39)13-1)43-31-45-35-58(62-55-23-11-7-19-49(55)50-20-8-12-24-56(50)62)52-34-44(42-28-26-38-14-2-4-16-40(38)30-42)32-46-36-57(51(33-43)59(45)60(46)52)61-53-21-9-5-17-47(53)48-18-6-10-22-54(48)61/h1-36H. The van der Waals surface area contributed by atoms with Gasteiger partial charge in [-0.15, -0.1) is 0 Å². The molecule has 0 fully saturated rings. The lowest BCUT2D eigenvalue weighted by Gasteiger charge is -2.22. The molecule has 0 N–H and O–H groups in total. The molecule has 14 aromatic rings. The van der Waals surface area contributed by atoms with Crippen molar-refractivity contribution in [2.45, 2.75) is 0 Å². The molecular formula is C60H36N2. The van der Waals surface area contributed by atoms with Crippen LogP contribution in [0.15, 0.2) is 218 Å². The SMILES string of the molecule is c1ccc2cc(-c3cc4cc(-n5c6ccccc6c6ccccc65)c5cc(-c6ccc7ccccc7c6)cc6cc(-n7c8ccccc8c8ccccc87)c(c3)c4c65)ccc2c1. The normalized spacial score (nSPS) is 12.2. The van der Waals surface area contributed by atoms with Crippen molar-refractivity contribution in [3.8, 4) is 33.6 Å². The molecule has 12 aromatic carbocycles. The first-order valence-corrected chi connectivity index (χ1v) is 21.5. The summed E-state index contributed by atoms with van der Waals surface area (Å²) in [5.74, 6) is 0. The van der Waals surface area contributed by atoms with E-state index in [1.54, 1.807) is 0 Å². The Balaban J connectivity index is 1.18. The van der Waals surface area contributed by atoms with Gasteiger partial charge in [-0.25, -0.2) is 0 Å². The Kier molecular flexibility index (Phi) is 6.86. The third-order valence-electron chi connectivity index (χ3n) is 13.5. The largest absolute Gasteiger partial charge is 0.309 e. The molecule has 62 heavy (non-hydrogen) atoms. The lowest BCUT2D eigenvalue weighted by atomic mass is 9.87. The van der Waals surface area contributed by atoms with E-state index >= 15 is 0 Å². The van der Waals surface area contributed by atoms with E-state index in [0.29, 0.717) is 0 Å². The second-order valence-electron chi connectivity index (χ2n) is 16.9. The van der Waals surface area contributed by atoms with Crippen molar-refractivity contribution in [1.29, 1.82) is 0 Å². The van der Waals surface area contributed by atoms with Crippen LogP contribution in [0.3, 0.4) is 0 Å². The summed E-state index contributed by atoms with van der Waals surface area (Å²) >= 11 is 0. The summed E-state index contributed by atoms with van der Waals surface area (Å²) in [6, 6.07) is 81.5. The topological polar surface area (TPSA) is 9.86 Å². The van der Waals surface area contributed by atoms with E-state index in [1.807, 2.05) is 0 Å². The van der Waals surface area contributed by atoms with Crippen molar-refractivity contribution in [2.75, 3.05) is 0 Å². The number of nitrogens with zero attached hydrogens (tertiary/aromatic N) is 2. The van der Waals surface area contributed by atoms with Crippen LogP contribution in [0.4, 0.5) is 0 Å². The van der Waals surface area contributed by atoms with Crippen LogP contribution in [0, 0.1) is 0 Å². The minimum atomic E-state index is 1.18. The van der Waals surface area contributed by atoms with Gasteiger partial charge in [0.15, 0.2) is 0 Å². The molecule has 0 saturated carbocycles. The monoisotopic (exact) mass is 784 g/mol. The summed E-state index contributed by atoms with van der Waals surface area (Å²) in [4.78, 5) is 0. The first-order valence-electron chi connectivity index (χ1n) is 21.5. The lowest BCUT2D eigenvalue weighted by molar-refractivity contribution is 1.20. The quantitative estimate of drug-likeness (QED) is 0.157. The predicted molar refractivity (Wildman–Crippen MR) is 265 cm³/mol. The van der Waals surface area contributed by atoms with Gasteiger partial charge in [0.25, 0.3) is 0 Å². The summed E-state index contributed by atoms with van der Waals surface area (Å²) in [6.07, 6.45) is 0. The molecule has 0 amide bonds. The number of para-hydroxylation sites is 4. The zero-order valence-corrected chi connectivity index (χ0v) is 33.7. The average Bonchev–Trinajstić information content (AvgIpc) is 3.85. The van der Waals surface area contributed by atoms with Crippen LogP contribution in [0.2, 0.25) is 0 Å². The van der Waals surface area contributed by atoms with Gasteiger partial charge in [0.2, 0.25) is 0 Å². The highest BCUT2D eigenvalue weighted by molar-refractivity contribution is 6.29. The first-order chi connectivity index (χ1) is 30.7. The molecule has 2 nitrogen and oxygen atoms in total. The molecule has 0 bridgehead atoms. The Bertz CT molecular complexity index is 3780. The van der Waals surface area contributed by atoms with Crippen molar-refractivity contribution >= 4 is 97.5 Å². The minimum Gasteiger partial charge on any atom is -0.309 e. The third kappa shape index (κ3) is 4.75. The average molecular weight is 785 g/mol. The molecule has 0 atom stereocenters. The van der Waals surface area contributed by atoms with E-state index in [4.69, 9.17) is 0 Å². The predicted octanol–water partition coefficient (Wildman–Crippen LogP) is 16.4. The summed E-state index contributed by atoms with van der Waals surface area (Å²) in [7, 11) is 0. The minimum absolute atomic E-state index is 1.18. The molecular weight excluding hydrogens is 749 g/mol. The number of aromatic nitrogens is 2. The Morgan fingerprint density at radius 2 is 0.532 bits per heavy atom. The van der Waals surface area contributed by atoms with Gasteiger partial charge in [0, 0.05) is 32.3 Å². The van der Waals surface area contributed by atoms with E-state index in [2.05, 4.69) is 228 Å². The molecule has 0 aliphatic rings. The van der Waals surface area contributed by atoms with Gasteiger partial charge in [0.1, 0.15) is 0 Å². The molecule has 2 heteroatoms. The summed E-state index contributed by atoms with van der Waals surface area (Å²) < 4.78 is 5.03. The summed E-state index contributed by atoms with van der Waals surface area (Å²) in [5, 5.41) is 17.5. The van der Waals surface area contributed by atoms with Crippen LogP contribution in [-0.4, -0.2) is 9.13 Å². The van der Waals surface area contributed by atoms with E-state index < -0.39 is 0 Å². The third-order valence-corrected chi connectivity index (χ3v) is 13.5. The second kappa shape index (κ2) is 12.7. The molecule has 14 rings (SSSR count). The highest BCUT2D eigenvalue weighted by Crippen LogP contribution is 2.47. The number of rotatable bonds is 4. The van der Waals surface area contributed by atoms with Crippen molar-refractivity contribution < 1.29 is 0 Å². The van der Waals surface area contributed by atoms with Gasteiger partial charge in [-0.3, -0.25) is 0 Å². The van der Waals surface area contributed by atoms with Crippen LogP contribution in [0.5, 0.6) is 0 Å². The van der Waals surface area contributed by atoms with Crippen LogP contribution >= 0.6 is 0 Å². The molecule has 0 aliphatic heterocycles. The van der Waals surface area contributed by atoms with E-state index in [9.17, 15) is 0 Å². The zero-order chi connectivity index (χ0) is 40.5. The van der Waals surface area contributed by atoms with Crippen molar-refractivity contribution in [3.05, 3.63) is 218 Å². The van der Waals surface area contributed by atoms with Crippen LogP contribution in [0.25, 0.3) is 131 Å². The molecule has 0 saturated heterocycles. The van der Waals surface area contributed by atoms with E-state index in [-0.39, 0.29) is 0 Å². The van der Waals surface area contributed by atoms with Crippen molar-refractivity contribution in [3.63, 3.8) is 0 Å². The van der Waals surface area contributed by atoms with Gasteiger partial charge in [-0.2, -0.15) is 0 Å². The first kappa shape index (κ1) is 33.6. The Labute approximate surface area is 357 Å². The van der Waals surface area contributed by atoms with Crippen molar-refractivity contribution in [2.24, 2.45) is 0 Å². The Morgan fingerprint density at radius 1 is 0.210 bits per heavy atom. The fourth-order valence-electron chi connectivity index (χ4n) is 10.8. The Morgan fingerprint density at radius 3 is 0.919 bits per heavy atom. The molecule has 286 valence electrons. The van der Waals surface area contributed by atoms with Gasteiger partial charge in [-0.1, -0.05) is 146 Å². The maximum absolute atomic E-state index is 2.52. The summed E-state index contributed by atoms with van der Waals surface area (Å²) in [5.41, 5.74) is 12.0. The molecule has 0 spiro atoms. The fraction of sp³-hybridized carbons (Fsp3) is 0. The Hall–Kier alpha value is -8.20. The van der Waals surface area contributed by atoms with Gasteiger partial charge < -0.3 is 9.13 Å². The smallest absolute Gasteiger partial charge is 0.0547 e. The molecule has 0 unspecified atom stereocenters. The highest BCUT2D eigenvalue weighted by Gasteiger charge is 2.23. The zero-order valence-electron chi connectivity index (χ0n) is 33.7. The number of hydrogen-bond donors (Lipinski definition) is 0.